The molecule has 9 heteroatoms. The summed E-state index contributed by atoms with van der Waals surface area (Å²) in [6.07, 6.45) is -1.19. The lowest BCUT2D eigenvalue weighted by Crippen LogP contribution is -2.34. The van der Waals surface area contributed by atoms with Crippen molar-refractivity contribution in [2.45, 2.75) is 25.6 Å². The number of aromatic nitrogens is 1. The van der Waals surface area contributed by atoms with Crippen LogP contribution in [0.2, 0.25) is 0 Å². The third-order valence-corrected chi connectivity index (χ3v) is 4.98. The predicted molar refractivity (Wildman–Crippen MR) is 106 cm³/mol. The fourth-order valence-electron chi connectivity index (χ4n) is 2.60. The molecule has 0 saturated carbocycles. The number of pyridine rings is 1. The fourth-order valence-corrected chi connectivity index (χ4v) is 2.87. The smallest absolute Gasteiger partial charge is 0.417 e. The molecule has 0 saturated heterocycles. The van der Waals surface area contributed by atoms with Gasteiger partial charge in [-0.05, 0) is 37.1 Å². The van der Waals surface area contributed by atoms with Crippen LogP contribution in [-0.4, -0.2) is 35.9 Å². The Morgan fingerprint density at radius 1 is 1.17 bits per heavy atom. The molecular weight excluding hydrogens is 405 g/mol. The molecule has 2 aromatic rings. The number of ether oxygens (including phenoxy) is 1. The first kappa shape index (κ1) is 21.0. The minimum absolute atomic E-state index is 0.0758. The van der Waals surface area contributed by atoms with Gasteiger partial charge in [0.15, 0.2) is 0 Å². The summed E-state index contributed by atoms with van der Waals surface area (Å²) in [6, 6.07) is 9.48. The molecule has 5 nitrogen and oxygen atoms in total. The van der Waals surface area contributed by atoms with Crippen LogP contribution in [0.15, 0.2) is 58.4 Å². The second-order valence-corrected chi connectivity index (χ2v) is 7.00. The molecule has 3 rings (SSSR count). The van der Waals surface area contributed by atoms with Crippen molar-refractivity contribution in [2.75, 3.05) is 13.6 Å². The van der Waals surface area contributed by atoms with E-state index in [4.69, 9.17) is 16.3 Å². The van der Waals surface area contributed by atoms with E-state index >= 15 is 0 Å². The number of likely N-dealkylation sites (N-methyl/N-ethyl adjacent to an activating group) is 1. The van der Waals surface area contributed by atoms with Gasteiger partial charge < -0.3 is 15.0 Å². The first-order valence-electron chi connectivity index (χ1n) is 8.94. The van der Waals surface area contributed by atoms with Gasteiger partial charge in [-0.2, -0.15) is 13.2 Å². The van der Waals surface area contributed by atoms with Gasteiger partial charge in [-0.25, -0.2) is 9.98 Å². The summed E-state index contributed by atoms with van der Waals surface area (Å²) in [7, 11) is 1.91. The van der Waals surface area contributed by atoms with Crippen LogP contribution in [0.4, 0.5) is 13.2 Å². The highest BCUT2D eigenvalue weighted by atomic mass is 35.5. The molecular formula is C20H20ClF3N4O. The Morgan fingerprint density at radius 2 is 1.90 bits per heavy atom. The van der Waals surface area contributed by atoms with E-state index in [1.54, 1.807) is 18.5 Å². The average Bonchev–Trinajstić information content (AvgIpc) is 2.69. The molecule has 1 atom stereocenters. The van der Waals surface area contributed by atoms with Crippen LogP contribution in [-0.2, 0) is 12.6 Å². The molecule has 0 fully saturated rings. The lowest BCUT2D eigenvalue weighted by Gasteiger charge is -2.27. The van der Waals surface area contributed by atoms with Crippen LogP contribution in [0.5, 0.6) is 11.6 Å². The quantitative estimate of drug-likeness (QED) is 0.724. The lowest BCUT2D eigenvalue weighted by atomic mass is 10.1. The first-order chi connectivity index (χ1) is 13.7. The molecule has 0 amide bonds. The third-order valence-electron chi connectivity index (χ3n) is 4.49. The van der Waals surface area contributed by atoms with E-state index in [2.05, 4.69) is 15.3 Å². The Balaban J connectivity index is 1.52. The molecule has 1 aliphatic heterocycles. The maximum absolute atomic E-state index is 12.6. The van der Waals surface area contributed by atoms with E-state index in [-0.39, 0.29) is 11.9 Å². The van der Waals surface area contributed by atoms with Gasteiger partial charge in [-0.3, -0.25) is 0 Å². The normalized spacial score (nSPS) is 16.9. The van der Waals surface area contributed by atoms with Gasteiger partial charge in [0, 0.05) is 25.9 Å². The summed E-state index contributed by atoms with van der Waals surface area (Å²) in [6.45, 7) is 2.65. The largest absolute Gasteiger partial charge is 0.439 e. The minimum Gasteiger partial charge on any atom is -0.439 e. The van der Waals surface area contributed by atoms with Gasteiger partial charge >= 0.3 is 6.18 Å². The van der Waals surface area contributed by atoms with Gasteiger partial charge in [-0.15, -0.1) is 0 Å². The van der Waals surface area contributed by atoms with Crippen molar-refractivity contribution in [3.63, 3.8) is 0 Å². The van der Waals surface area contributed by atoms with Gasteiger partial charge in [0.2, 0.25) is 5.88 Å². The number of nitrogens with zero attached hydrogens (tertiary/aromatic N) is 3. The van der Waals surface area contributed by atoms with Gasteiger partial charge in [-0.1, -0.05) is 23.7 Å². The maximum Gasteiger partial charge on any atom is 0.417 e. The van der Waals surface area contributed by atoms with E-state index < -0.39 is 11.7 Å². The predicted octanol–water partition coefficient (Wildman–Crippen LogP) is 4.79. The van der Waals surface area contributed by atoms with Crippen LogP contribution in [0.3, 0.4) is 0 Å². The molecule has 0 bridgehead atoms. The van der Waals surface area contributed by atoms with Gasteiger partial charge in [0.25, 0.3) is 0 Å². The molecule has 2 heterocycles. The van der Waals surface area contributed by atoms with E-state index in [1.807, 2.05) is 31.0 Å². The van der Waals surface area contributed by atoms with Crippen LogP contribution in [0, 0.1) is 0 Å². The van der Waals surface area contributed by atoms with Gasteiger partial charge in [0.05, 0.1) is 23.0 Å². The zero-order valence-electron chi connectivity index (χ0n) is 15.9. The van der Waals surface area contributed by atoms with Crippen molar-refractivity contribution in [2.24, 2.45) is 4.99 Å². The Bertz CT molecular complexity index is 895. The Labute approximate surface area is 171 Å². The fraction of sp³-hybridized carbons (Fsp3) is 0.300. The number of alkyl halides is 3. The van der Waals surface area contributed by atoms with E-state index in [0.29, 0.717) is 23.1 Å². The number of halogens is 4. The van der Waals surface area contributed by atoms with Crippen LogP contribution in [0.25, 0.3) is 0 Å². The topological polar surface area (TPSA) is 49.8 Å². The number of nitrogens with one attached hydrogen (secondary N) is 1. The second kappa shape index (κ2) is 8.73. The summed E-state index contributed by atoms with van der Waals surface area (Å²) in [4.78, 5) is 9.92. The minimum atomic E-state index is -4.42. The van der Waals surface area contributed by atoms with E-state index in [9.17, 15) is 13.2 Å². The summed E-state index contributed by atoms with van der Waals surface area (Å²) < 4.78 is 43.2. The zero-order valence-corrected chi connectivity index (χ0v) is 16.6. The summed E-state index contributed by atoms with van der Waals surface area (Å²) in [5.74, 6) is 1.27. The monoisotopic (exact) mass is 424 g/mol. The summed E-state index contributed by atoms with van der Waals surface area (Å²) in [5, 5.41) is 3.90. The van der Waals surface area contributed by atoms with Crippen LogP contribution >= 0.6 is 11.6 Å². The number of hydrogen-bond donors (Lipinski definition) is 1. The molecule has 1 N–H and O–H groups in total. The van der Waals surface area contributed by atoms with Crippen molar-refractivity contribution in [3.8, 4) is 11.6 Å². The molecule has 1 aliphatic rings. The summed E-state index contributed by atoms with van der Waals surface area (Å²) in [5.41, 5.74) is 0.248. The highest BCUT2D eigenvalue weighted by molar-refractivity contribution is 6.30. The zero-order chi connectivity index (χ0) is 21.0. The summed E-state index contributed by atoms with van der Waals surface area (Å²) >= 11 is 6.32. The molecule has 154 valence electrons. The van der Waals surface area contributed by atoms with Crippen LogP contribution < -0.4 is 10.1 Å². The molecule has 29 heavy (non-hydrogen) atoms. The molecule has 0 radical (unpaired) electrons. The number of hydrogen-bond acceptors (Lipinski definition) is 5. The lowest BCUT2D eigenvalue weighted by molar-refractivity contribution is -0.137. The van der Waals surface area contributed by atoms with E-state index in [0.717, 1.165) is 24.2 Å². The molecule has 0 spiro atoms. The second-order valence-electron chi connectivity index (χ2n) is 6.59. The van der Waals surface area contributed by atoms with E-state index in [1.165, 1.54) is 6.07 Å². The first-order valence-corrected chi connectivity index (χ1v) is 9.31. The molecule has 1 aromatic carbocycles. The molecule has 1 unspecified atom stereocenters. The highest BCUT2D eigenvalue weighted by Gasteiger charge is 2.30. The van der Waals surface area contributed by atoms with Crippen molar-refractivity contribution in [1.29, 1.82) is 0 Å². The van der Waals surface area contributed by atoms with Crippen molar-refractivity contribution in [1.82, 2.24) is 15.2 Å². The molecule has 0 aliphatic carbocycles. The SMILES string of the molecule is CC1C(Cl)=C(NCCc2ccc(Oc3ccc(C(F)(F)F)cn3)cc2)N=CN1C. The highest BCUT2D eigenvalue weighted by Crippen LogP contribution is 2.30. The average molecular weight is 425 g/mol. The number of benzene rings is 1. The molecule has 1 aromatic heterocycles. The Hall–Kier alpha value is -2.74. The maximum atomic E-state index is 12.6. The van der Waals surface area contributed by atoms with Crippen LogP contribution in [0.1, 0.15) is 18.1 Å². The van der Waals surface area contributed by atoms with Gasteiger partial charge in [0.1, 0.15) is 11.6 Å². The van der Waals surface area contributed by atoms with Crippen molar-refractivity contribution >= 4 is 17.9 Å². The third kappa shape index (κ3) is 5.41. The Morgan fingerprint density at radius 3 is 2.52 bits per heavy atom. The number of aliphatic imine (C=N–C) groups is 1. The van der Waals surface area contributed by atoms with Crippen molar-refractivity contribution in [3.05, 3.63) is 64.6 Å². The number of rotatable bonds is 6. The Kier molecular flexibility index (Phi) is 6.32. The standard InChI is InChI=1S/C20H20ClF3N4O/c1-13-18(21)19(27-12-28(13)2)25-10-9-14-3-6-16(7-4-14)29-17-8-5-15(11-26-17)20(22,23)24/h3-8,11-13,25H,9-10H2,1-2H3. The van der Waals surface area contributed by atoms with Crippen molar-refractivity contribution < 1.29 is 17.9 Å².